The van der Waals surface area contributed by atoms with Crippen LogP contribution in [-0.4, -0.2) is 54.6 Å². The third-order valence-electron chi connectivity index (χ3n) is 4.68. The van der Waals surface area contributed by atoms with E-state index in [1.54, 1.807) is 26.0 Å². The summed E-state index contributed by atoms with van der Waals surface area (Å²) in [5, 5.41) is 7.58. The van der Waals surface area contributed by atoms with Crippen LogP contribution in [0, 0.1) is 5.92 Å². The first kappa shape index (κ1) is 25.2. The smallest absolute Gasteiger partial charge is 0.330 e. The standard InChI is InChI=1S/C20H28N6O7/c1-9(2)15(24-18(29)12-5-6-13-14(7-12)33-8-32-13)19(30)23-10(3)16(27)22-11(4)17(28)25-26-20(21)31/h5-7,9-11,15H,8H2,1-4H3,(H,22,27)(H,23,30)(H,24,29)(H,25,28)(H3,21,26,31)/t10-,11-,15?/m0/s1. The Balaban J connectivity index is 1.94. The molecular formula is C20H28N6O7. The van der Waals surface area contributed by atoms with E-state index in [4.69, 9.17) is 15.2 Å². The van der Waals surface area contributed by atoms with Crippen LogP contribution >= 0.6 is 0 Å². The van der Waals surface area contributed by atoms with E-state index < -0.39 is 47.8 Å². The van der Waals surface area contributed by atoms with Crippen LogP contribution in [0.3, 0.4) is 0 Å². The van der Waals surface area contributed by atoms with E-state index in [1.165, 1.54) is 19.9 Å². The number of hydrazine groups is 1. The summed E-state index contributed by atoms with van der Waals surface area (Å²) in [4.78, 5) is 60.2. The highest BCUT2D eigenvalue weighted by atomic mass is 16.7. The molecule has 13 heteroatoms. The van der Waals surface area contributed by atoms with Gasteiger partial charge in [-0.3, -0.25) is 24.6 Å². The molecule has 0 spiro atoms. The lowest BCUT2D eigenvalue weighted by molar-refractivity contribution is -0.132. The van der Waals surface area contributed by atoms with Gasteiger partial charge in [0.05, 0.1) is 0 Å². The number of rotatable bonds is 8. The number of hydrogen-bond donors (Lipinski definition) is 6. The number of amides is 6. The number of nitrogens with one attached hydrogen (secondary N) is 5. The quantitative estimate of drug-likeness (QED) is 0.262. The lowest BCUT2D eigenvalue weighted by Gasteiger charge is -2.24. The molecule has 0 radical (unpaired) electrons. The topological polar surface area (TPSA) is 190 Å². The monoisotopic (exact) mass is 464 g/mol. The average molecular weight is 464 g/mol. The van der Waals surface area contributed by atoms with E-state index in [-0.39, 0.29) is 18.3 Å². The van der Waals surface area contributed by atoms with E-state index in [0.717, 1.165) is 0 Å². The summed E-state index contributed by atoms with van der Waals surface area (Å²) >= 11 is 0. The molecule has 1 aliphatic heterocycles. The third kappa shape index (κ3) is 6.98. The molecule has 1 aromatic rings. The van der Waals surface area contributed by atoms with Gasteiger partial charge in [-0.1, -0.05) is 13.8 Å². The summed E-state index contributed by atoms with van der Waals surface area (Å²) in [5.74, 6) is -1.75. The highest BCUT2D eigenvalue weighted by molar-refractivity contribution is 5.99. The van der Waals surface area contributed by atoms with Crippen LogP contribution in [0.5, 0.6) is 11.5 Å². The molecule has 2 rings (SSSR count). The maximum atomic E-state index is 12.8. The fraction of sp³-hybridized carbons (Fsp3) is 0.450. The molecule has 0 aromatic heterocycles. The van der Waals surface area contributed by atoms with Crippen molar-refractivity contribution in [3.8, 4) is 11.5 Å². The Morgan fingerprint density at radius 2 is 1.42 bits per heavy atom. The van der Waals surface area contributed by atoms with Crippen molar-refractivity contribution in [1.29, 1.82) is 0 Å². The minimum absolute atomic E-state index is 0.0688. The summed E-state index contributed by atoms with van der Waals surface area (Å²) in [7, 11) is 0. The molecule has 0 saturated heterocycles. The Hall–Kier alpha value is -4.03. The minimum Gasteiger partial charge on any atom is -0.454 e. The lowest BCUT2D eigenvalue weighted by atomic mass is 10.0. The Morgan fingerprint density at radius 3 is 2.06 bits per heavy atom. The van der Waals surface area contributed by atoms with Gasteiger partial charge in [0, 0.05) is 5.56 Å². The maximum absolute atomic E-state index is 12.8. The summed E-state index contributed by atoms with van der Waals surface area (Å²) in [6.07, 6.45) is 0. The van der Waals surface area contributed by atoms with E-state index in [2.05, 4.69) is 16.0 Å². The van der Waals surface area contributed by atoms with Crippen molar-refractivity contribution < 1.29 is 33.4 Å². The van der Waals surface area contributed by atoms with Gasteiger partial charge in [-0.05, 0) is 38.0 Å². The zero-order valence-electron chi connectivity index (χ0n) is 18.7. The van der Waals surface area contributed by atoms with Crippen molar-refractivity contribution in [3.05, 3.63) is 23.8 Å². The molecule has 180 valence electrons. The molecular weight excluding hydrogens is 436 g/mol. The Morgan fingerprint density at radius 1 is 0.818 bits per heavy atom. The highest BCUT2D eigenvalue weighted by Crippen LogP contribution is 2.32. The van der Waals surface area contributed by atoms with Crippen molar-refractivity contribution in [3.63, 3.8) is 0 Å². The first-order valence-electron chi connectivity index (χ1n) is 10.2. The summed E-state index contributed by atoms with van der Waals surface area (Å²) in [5.41, 5.74) is 9.06. The molecule has 13 nitrogen and oxygen atoms in total. The lowest BCUT2D eigenvalue weighted by Crippen LogP contribution is -2.57. The van der Waals surface area contributed by atoms with Crippen molar-refractivity contribution in [1.82, 2.24) is 26.8 Å². The molecule has 0 aliphatic carbocycles. The Bertz CT molecular complexity index is 935. The van der Waals surface area contributed by atoms with E-state index >= 15 is 0 Å². The second-order valence-corrected chi connectivity index (χ2v) is 7.70. The van der Waals surface area contributed by atoms with Gasteiger partial charge in [-0.25, -0.2) is 10.2 Å². The fourth-order valence-electron chi connectivity index (χ4n) is 2.80. The zero-order valence-corrected chi connectivity index (χ0v) is 18.7. The molecule has 1 aromatic carbocycles. The number of primary amides is 1. The van der Waals surface area contributed by atoms with Crippen molar-refractivity contribution in [2.24, 2.45) is 11.7 Å². The van der Waals surface area contributed by atoms with Crippen LogP contribution in [0.15, 0.2) is 18.2 Å². The first-order chi connectivity index (χ1) is 15.5. The van der Waals surface area contributed by atoms with Gasteiger partial charge in [0.25, 0.3) is 11.8 Å². The zero-order chi connectivity index (χ0) is 24.7. The van der Waals surface area contributed by atoms with Gasteiger partial charge in [0.2, 0.25) is 18.6 Å². The van der Waals surface area contributed by atoms with Gasteiger partial charge in [-0.15, -0.1) is 0 Å². The van der Waals surface area contributed by atoms with E-state index in [1.807, 2.05) is 10.9 Å². The van der Waals surface area contributed by atoms with Gasteiger partial charge in [0.15, 0.2) is 11.5 Å². The molecule has 0 fully saturated rings. The number of fused-ring (bicyclic) bond motifs is 1. The predicted octanol–water partition coefficient (Wildman–Crippen LogP) is -1.12. The molecule has 0 saturated carbocycles. The van der Waals surface area contributed by atoms with Gasteiger partial charge in [0.1, 0.15) is 18.1 Å². The van der Waals surface area contributed by atoms with Crippen LogP contribution in [0.4, 0.5) is 4.79 Å². The second-order valence-electron chi connectivity index (χ2n) is 7.70. The van der Waals surface area contributed by atoms with Crippen LogP contribution < -0.4 is 42.0 Å². The van der Waals surface area contributed by atoms with Crippen LogP contribution in [0.2, 0.25) is 0 Å². The van der Waals surface area contributed by atoms with Crippen LogP contribution in [0.1, 0.15) is 38.1 Å². The molecule has 7 N–H and O–H groups in total. The van der Waals surface area contributed by atoms with Crippen LogP contribution in [-0.2, 0) is 14.4 Å². The third-order valence-corrected chi connectivity index (χ3v) is 4.68. The van der Waals surface area contributed by atoms with Crippen molar-refractivity contribution in [2.45, 2.75) is 45.8 Å². The minimum atomic E-state index is -1.02. The van der Waals surface area contributed by atoms with Crippen molar-refractivity contribution in [2.75, 3.05) is 6.79 Å². The SMILES string of the molecule is CC(C)C(NC(=O)c1ccc2c(c1)OCO2)C(=O)N[C@@H](C)C(=O)N[C@@H](C)C(=O)NNC(N)=O. The molecule has 1 unspecified atom stereocenters. The van der Waals surface area contributed by atoms with Gasteiger partial charge >= 0.3 is 6.03 Å². The molecule has 0 bridgehead atoms. The number of ether oxygens (including phenoxy) is 2. The number of carbonyl (C=O) groups excluding carboxylic acids is 5. The van der Waals surface area contributed by atoms with Crippen LogP contribution in [0.25, 0.3) is 0 Å². The number of benzene rings is 1. The van der Waals surface area contributed by atoms with E-state index in [0.29, 0.717) is 11.5 Å². The molecule has 33 heavy (non-hydrogen) atoms. The molecule has 1 aliphatic rings. The summed E-state index contributed by atoms with van der Waals surface area (Å²) < 4.78 is 10.5. The van der Waals surface area contributed by atoms with E-state index in [9.17, 15) is 24.0 Å². The summed E-state index contributed by atoms with van der Waals surface area (Å²) in [6, 6.07) is 0.736. The molecule has 3 atom stereocenters. The maximum Gasteiger partial charge on any atom is 0.330 e. The summed E-state index contributed by atoms with van der Waals surface area (Å²) in [6.45, 7) is 6.36. The second kappa shape index (κ2) is 11.0. The molecule has 6 amide bonds. The predicted molar refractivity (Wildman–Crippen MR) is 115 cm³/mol. The number of carbonyl (C=O) groups is 5. The van der Waals surface area contributed by atoms with Gasteiger partial charge < -0.3 is 31.2 Å². The van der Waals surface area contributed by atoms with Gasteiger partial charge in [-0.2, -0.15) is 0 Å². The fourth-order valence-corrected chi connectivity index (χ4v) is 2.80. The largest absolute Gasteiger partial charge is 0.454 e. The Kier molecular flexibility index (Phi) is 8.42. The normalized spacial score (nSPS) is 14.5. The Labute approximate surface area is 190 Å². The first-order valence-corrected chi connectivity index (χ1v) is 10.2. The highest BCUT2D eigenvalue weighted by Gasteiger charge is 2.29. The molecule has 1 heterocycles. The average Bonchev–Trinajstić information content (AvgIpc) is 3.22. The number of hydrogen-bond acceptors (Lipinski definition) is 7. The number of nitrogens with two attached hydrogens (primary N) is 1. The van der Waals surface area contributed by atoms with Crippen molar-refractivity contribution >= 4 is 29.7 Å². The number of urea groups is 1.